The number of rotatable bonds is 3. The van der Waals surface area contributed by atoms with Crippen molar-refractivity contribution in [1.29, 1.82) is 0 Å². The van der Waals surface area contributed by atoms with Crippen molar-refractivity contribution >= 4 is 32.4 Å². The van der Waals surface area contributed by atoms with Gasteiger partial charge in [-0.15, -0.1) is 11.3 Å². The van der Waals surface area contributed by atoms with Crippen LogP contribution in [-0.4, -0.2) is 31.6 Å². The number of aromatic nitrogens is 1. The zero-order valence-corrected chi connectivity index (χ0v) is 10.00. The Bertz CT molecular complexity index is 483. The van der Waals surface area contributed by atoms with E-state index in [0.717, 1.165) is 0 Å². The van der Waals surface area contributed by atoms with Gasteiger partial charge in [-0.2, -0.15) is 0 Å². The smallest absolute Gasteiger partial charge is 0.229 e. The van der Waals surface area contributed by atoms with Crippen molar-refractivity contribution in [2.75, 3.05) is 17.2 Å². The Morgan fingerprint density at radius 1 is 1.62 bits per heavy atom. The standard InChI is InChI=1S/C8H11N3O3S2/c9-16(13,14)5-6-3-7(12)11(4-6)8-10-1-2-15-8/h1-2,6H,3-5H2,(H2,9,13,14). The van der Waals surface area contributed by atoms with Crippen molar-refractivity contribution in [3.05, 3.63) is 11.6 Å². The Morgan fingerprint density at radius 2 is 2.38 bits per heavy atom. The first-order valence-electron chi connectivity index (χ1n) is 4.66. The van der Waals surface area contributed by atoms with Crippen molar-refractivity contribution < 1.29 is 13.2 Å². The van der Waals surface area contributed by atoms with Crippen LogP contribution in [-0.2, 0) is 14.8 Å². The first-order valence-corrected chi connectivity index (χ1v) is 7.25. The number of anilines is 1. The topological polar surface area (TPSA) is 93.4 Å². The number of hydrogen-bond acceptors (Lipinski definition) is 5. The summed E-state index contributed by atoms with van der Waals surface area (Å²) in [6.07, 6.45) is 1.83. The van der Waals surface area contributed by atoms with Crippen LogP contribution in [0.1, 0.15) is 6.42 Å². The molecule has 1 aliphatic rings. The van der Waals surface area contributed by atoms with E-state index in [2.05, 4.69) is 4.98 Å². The molecule has 0 bridgehead atoms. The van der Waals surface area contributed by atoms with Crippen LogP contribution in [0.15, 0.2) is 11.6 Å². The van der Waals surface area contributed by atoms with Gasteiger partial charge in [0.2, 0.25) is 15.9 Å². The van der Waals surface area contributed by atoms with Crippen LogP contribution in [0.5, 0.6) is 0 Å². The molecule has 1 aliphatic heterocycles. The molecule has 0 saturated carbocycles. The summed E-state index contributed by atoms with van der Waals surface area (Å²) in [5, 5.41) is 7.34. The van der Waals surface area contributed by atoms with Crippen molar-refractivity contribution in [2.24, 2.45) is 11.1 Å². The Labute approximate surface area is 97.1 Å². The lowest BCUT2D eigenvalue weighted by Crippen LogP contribution is -2.27. The molecular formula is C8H11N3O3S2. The quantitative estimate of drug-likeness (QED) is 0.814. The number of thiazole rings is 1. The van der Waals surface area contributed by atoms with Crippen LogP contribution >= 0.6 is 11.3 Å². The third-order valence-corrected chi connectivity index (χ3v) is 4.05. The molecule has 0 aliphatic carbocycles. The second kappa shape index (κ2) is 4.11. The van der Waals surface area contributed by atoms with Gasteiger partial charge in [0.05, 0.1) is 5.75 Å². The Kier molecular flexibility index (Phi) is 2.96. The lowest BCUT2D eigenvalue weighted by atomic mass is 10.1. The summed E-state index contributed by atoms with van der Waals surface area (Å²) in [7, 11) is -3.52. The van der Waals surface area contributed by atoms with Crippen LogP contribution in [0.3, 0.4) is 0 Å². The highest BCUT2D eigenvalue weighted by Gasteiger charge is 2.33. The van der Waals surface area contributed by atoms with Crippen LogP contribution in [0, 0.1) is 5.92 Å². The predicted octanol–water partition coefficient (Wildman–Crippen LogP) is -0.215. The van der Waals surface area contributed by atoms with Crippen LogP contribution in [0.2, 0.25) is 0 Å². The average Bonchev–Trinajstić information content (AvgIpc) is 2.71. The number of amides is 1. The van der Waals surface area contributed by atoms with Crippen LogP contribution in [0.25, 0.3) is 0 Å². The highest BCUT2D eigenvalue weighted by molar-refractivity contribution is 7.89. The average molecular weight is 261 g/mol. The van der Waals surface area contributed by atoms with Crippen molar-refractivity contribution in [3.8, 4) is 0 Å². The second-order valence-corrected chi connectivity index (χ2v) is 6.25. The molecule has 1 unspecified atom stereocenters. The molecule has 2 N–H and O–H groups in total. The normalized spacial score (nSPS) is 21.7. The summed E-state index contributed by atoms with van der Waals surface area (Å²) in [5.74, 6) is -0.476. The third kappa shape index (κ3) is 2.57. The Balaban J connectivity index is 2.08. The van der Waals surface area contributed by atoms with Gasteiger partial charge in [-0.05, 0) is 0 Å². The first kappa shape index (κ1) is 11.5. The Morgan fingerprint density at radius 3 is 2.94 bits per heavy atom. The zero-order chi connectivity index (χ0) is 11.8. The molecule has 88 valence electrons. The first-order chi connectivity index (χ1) is 7.46. The van der Waals surface area contributed by atoms with E-state index in [0.29, 0.717) is 11.7 Å². The molecule has 16 heavy (non-hydrogen) atoms. The lowest BCUT2D eigenvalue weighted by Gasteiger charge is -2.12. The van der Waals surface area contributed by atoms with Gasteiger partial charge in [0.1, 0.15) is 0 Å². The minimum absolute atomic E-state index is 0.0939. The van der Waals surface area contributed by atoms with E-state index in [1.807, 2.05) is 0 Å². The summed E-state index contributed by atoms with van der Waals surface area (Å²) in [6.45, 7) is 0.378. The fourth-order valence-electron chi connectivity index (χ4n) is 1.76. The molecule has 6 nitrogen and oxygen atoms in total. The maximum atomic E-state index is 11.6. The highest BCUT2D eigenvalue weighted by atomic mass is 32.2. The van der Waals surface area contributed by atoms with Gasteiger partial charge in [0, 0.05) is 30.5 Å². The molecule has 1 saturated heterocycles. The predicted molar refractivity (Wildman–Crippen MR) is 60.5 cm³/mol. The number of carbonyl (C=O) groups excluding carboxylic acids is 1. The van der Waals surface area contributed by atoms with Crippen molar-refractivity contribution in [1.82, 2.24) is 4.98 Å². The number of primary sulfonamides is 1. The molecule has 2 rings (SSSR count). The van der Waals surface area contributed by atoms with Crippen LogP contribution in [0.4, 0.5) is 5.13 Å². The molecule has 1 aromatic rings. The molecule has 1 atom stereocenters. The molecule has 1 fully saturated rings. The summed E-state index contributed by atoms with van der Waals surface area (Å²) in [6, 6.07) is 0. The monoisotopic (exact) mass is 261 g/mol. The summed E-state index contributed by atoms with van der Waals surface area (Å²) < 4.78 is 21.8. The molecule has 2 heterocycles. The van der Waals surface area contributed by atoms with E-state index in [4.69, 9.17) is 5.14 Å². The van der Waals surface area contributed by atoms with E-state index in [1.54, 1.807) is 11.6 Å². The minimum Gasteiger partial charge on any atom is -0.288 e. The zero-order valence-electron chi connectivity index (χ0n) is 8.37. The third-order valence-electron chi connectivity index (χ3n) is 2.32. The number of carbonyl (C=O) groups is 1. The lowest BCUT2D eigenvalue weighted by molar-refractivity contribution is -0.117. The number of sulfonamides is 1. The summed E-state index contributed by atoms with van der Waals surface area (Å²) in [4.78, 5) is 17.2. The van der Waals surface area contributed by atoms with E-state index in [9.17, 15) is 13.2 Å². The molecule has 0 radical (unpaired) electrons. The molecule has 0 aromatic carbocycles. The number of nitrogens with zero attached hydrogens (tertiary/aromatic N) is 2. The fraction of sp³-hybridized carbons (Fsp3) is 0.500. The van der Waals surface area contributed by atoms with Crippen LogP contribution < -0.4 is 10.0 Å². The van der Waals surface area contributed by atoms with Gasteiger partial charge in [0.15, 0.2) is 5.13 Å². The van der Waals surface area contributed by atoms with Crippen molar-refractivity contribution in [3.63, 3.8) is 0 Å². The van der Waals surface area contributed by atoms with Gasteiger partial charge >= 0.3 is 0 Å². The Hall–Kier alpha value is -0.990. The molecule has 0 spiro atoms. The van der Waals surface area contributed by atoms with E-state index >= 15 is 0 Å². The van der Waals surface area contributed by atoms with Gasteiger partial charge in [-0.3, -0.25) is 9.69 Å². The van der Waals surface area contributed by atoms with Gasteiger partial charge in [-0.25, -0.2) is 18.5 Å². The van der Waals surface area contributed by atoms with E-state index in [1.165, 1.54) is 16.2 Å². The summed E-state index contributed by atoms with van der Waals surface area (Å²) in [5.41, 5.74) is 0. The maximum Gasteiger partial charge on any atom is 0.229 e. The second-order valence-electron chi connectivity index (χ2n) is 3.72. The highest BCUT2D eigenvalue weighted by Crippen LogP contribution is 2.26. The SMILES string of the molecule is NS(=O)(=O)CC1CC(=O)N(c2nccs2)C1. The molecular weight excluding hydrogens is 250 g/mol. The van der Waals surface area contributed by atoms with Gasteiger partial charge in [-0.1, -0.05) is 0 Å². The molecule has 1 aromatic heterocycles. The molecule has 1 amide bonds. The fourth-order valence-corrected chi connectivity index (χ4v) is 3.30. The van der Waals surface area contributed by atoms with E-state index < -0.39 is 10.0 Å². The minimum atomic E-state index is -3.52. The number of nitrogens with two attached hydrogens (primary N) is 1. The summed E-state index contributed by atoms with van der Waals surface area (Å²) >= 11 is 1.36. The van der Waals surface area contributed by atoms with E-state index in [-0.39, 0.29) is 24.0 Å². The van der Waals surface area contributed by atoms with Gasteiger partial charge in [0.25, 0.3) is 0 Å². The molecule has 8 heteroatoms. The number of hydrogen-bond donors (Lipinski definition) is 1. The maximum absolute atomic E-state index is 11.6. The van der Waals surface area contributed by atoms with Gasteiger partial charge < -0.3 is 0 Å². The largest absolute Gasteiger partial charge is 0.288 e. The van der Waals surface area contributed by atoms with Crippen molar-refractivity contribution in [2.45, 2.75) is 6.42 Å².